The first kappa shape index (κ1) is 17.0. The normalized spacial score (nSPS) is 16.2. The second-order valence-electron chi connectivity index (χ2n) is 7.81. The molecule has 0 radical (unpaired) electrons. The minimum atomic E-state index is 0.394. The molecule has 0 bridgehead atoms. The zero-order valence-corrected chi connectivity index (χ0v) is 16.5. The van der Waals surface area contributed by atoms with E-state index < -0.39 is 0 Å². The Balaban J connectivity index is 1.47. The molecule has 8 heteroatoms. The van der Waals surface area contributed by atoms with Crippen molar-refractivity contribution in [3.8, 4) is 28.5 Å². The maximum Gasteiger partial charge on any atom is 0.278 e. The first-order chi connectivity index (χ1) is 14.3. The van der Waals surface area contributed by atoms with Crippen LogP contribution in [0.15, 0.2) is 35.2 Å². The average Bonchev–Trinajstić information content (AvgIpc) is 3.48. The molecular formula is C21H19ClN6O. The van der Waals surface area contributed by atoms with E-state index in [1.165, 1.54) is 19.3 Å². The fraction of sp³-hybridized carbons (Fsp3) is 0.333. The number of benzene rings is 1. The standard InChI is InChI=1S/C21H19ClN6O/c22-14-6-7-16-15(9-14)18-13(10-24-26-18)8-17-19(23-11-28(16)17)21-25-20(27-29-21)12-4-2-1-3-5-12/h6-7,9-12H,1-5,8H2,(H,24,26). The van der Waals surface area contributed by atoms with Gasteiger partial charge in [-0.25, -0.2) is 4.98 Å². The summed E-state index contributed by atoms with van der Waals surface area (Å²) in [4.78, 5) is 9.38. The van der Waals surface area contributed by atoms with Gasteiger partial charge in [-0.15, -0.1) is 0 Å². The largest absolute Gasteiger partial charge is 0.332 e. The minimum Gasteiger partial charge on any atom is -0.332 e. The zero-order valence-electron chi connectivity index (χ0n) is 15.7. The second kappa shape index (κ2) is 6.56. The first-order valence-electron chi connectivity index (χ1n) is 10.0. The minimum absolute atomic E-state index is 0.394. The van der Waals surface area contributed by atoms with Crippen LogP contribution in [0, 0.1) is 0 Å². The van der Waals surface area contributed by atoms with Crippen molar-refractivity contribution in [2.75, 3.05) is 0 Å². The molecule has 1 saturated carbocycles. The van der Waals surface area contributed by atoms with Gasteiger partial charge in [-0.3, -0.25) is 5.10 Å². The Labute approximate surface area is 172 Å². The highest BCUT2D eigenvalue weighted by Gasteiger charge is 2.28. The molecule has 3 aromatic heterocycles. The van der Waals surface area contributed by atoms with Crippen LogP contribution in [0.25, 0.3) is 28.5 Å². The van der Waals surface area contributed by atoms with E-state index in [2.05, 4.69) is 24.9 Å². The lowest BCUT2D eigenvalue weighted by atomic mass is 9.89. The molecule has 0 amide bonds. The van der Waals surface area contributed by atoms with E-state index in [0.717, 1.165) is 52.6 Å². The van der Waals surface area contributed by atoms with Crippen molar-refractivity contribution < 1.29 is 4.52 Å². The topological polar surface area (TPSA) is 85.4 Å². The highest BCUT2D eigenvalue weighted by molar-refractivity contribution is 6.31. The second-order valence-corrected chi connectivity index (χ2v) is 8.25. The van der Waals surface area contributed by atoms with Crippen LogP contribution in [0.5, 0.6) is 0 Å². The Hall–Kier alpha value is -2.93. The SMILES string of the molecule is Clc1ccc2c(c1)-c1[nH]ncc1Cc1c(-c3nc(C4CCCCC4)no3)ncn1-2. The molecule has 4 heterocycles. The number of aromatic nitrogens is 6. The smallest absolute Gasteiger partial charge is 0.278 e. The molecule has 6 rings (SSSR count). The quantitative estimate of drug-likeness (QED) is 0.449. The van der Waals surface area contributed by atoms with Crippen LogP contribution in [0.1, 0.15) is 55.1 Å². The summed E-state index contributed by atoms with van der Waals surface area (Å²) in [6, 6.07) is 5.85. The van der Waals surface area contributed by atoms with Gasteiger partial charge in [0.15, 0.2) is 11.5 Å². The lowest BCUT2D eigenvalue weighted by Crippen LogP contribution is -2.06. The van der Waals surface area contributed by atoms with Crippen molar-refractivity contribution in [3.05, 3.63) is 52.8 Å². The Morgan fingerprint density at radius 3 is 2.97 bits per heavy atom. The molecule has 146 valence electrons. The van der Waals surface area contributed by atoms with Gasteiger partial charge in [0.05, 0.1) is 23.3 Å². The van der Waals surface area contributed by atoms with Crippen molar-refractivity contribution in [2.45, 2.75) is 44.4 Å². The number of hydrogen-bond donors (Lipinski definition) is 1. The third kappa shape index (κ3) is 2.72. The van der Waals surface area contributed by atoms with E-state index in [4.69, 9.17) is 21.1 Å². The molecule has 7 nitrogen and oxygen atoms in total. The number of hydrogen-bond acceptors (Lipinski definition) is 5. The van der Waals surface area contributed by atoms with E-state index in [9.17, 15) is 0 Å². The fourth-order valence-electron chi connectivity index (χ4n) is 4.56. The van der Waals surface area contributed by atoms with Crippen molar-refractivity contribution in [3.63, 3.8) is 0 Å². The van der Waals surface area contributed by atoms with Gasteiger partial charge in [0.2, 0.25) is 0 Å². The number of imidazole rings is 1. The van der Waals surface area contributed by atoms with Gasteiger partial charge in [0.1, 0.15) is 6.33 Å². The summed E-state index contributed by atoms with van der Waals surface area (Å²) >= 11 is 6.28. The Morgan fingerprint density at radius 1 is 1.17 bits per heavy atom. The number of halogens is 1. The van der Waals surface area contributed by atoms with Gasteiger partial charge in [-0.2, -0.15) is 10.1 Å². The highest BCUT2D eigenvalue weighted by atomic mass is 35.5. The summed E-state index contributed by atoms with van der Waals surface area (Å²) in [5.74, 6) is 1.69. The molecule has 4 aromatic rings. The molecule has 29 heavy (non-hydrogen) atoms. The van der Waals surface area contributed by atoms with Gasteiger partial charge in [0, 0.05) is 28.5 Å². The lowest BCUT2D eigenvalue weighted by molar-refractivity contribution is 0.384. The number of fused-ring (bicyclic) bond motifs is 5. The molecule has 0 atom stereocenters. The van der Waals surface area contributed by atoms with Crippen LogP contribution >= 0.6 is 11.6 Å². The Bertz CT molecular complexity index is 1200. The van der Waals surface area contributed by atoms with Crippen LogP contribution < -0.4 is 0 Å². The molecule has 0 spiro atoms. The van der Waals surface area contributed by atoms with E-state index in [1.807, 2.05) is 30.7 Å². The van der Waals surface area contributed by atoms with Crippen molar-refractivity contribution in [2.24, 2.45) is 0 Å². The predicted octanol–water partition coefficient (Wildman–Crippen LogP) is 4.92. The molecule has 0 unspecified atom stereocenters. The Morgan fingerprint density at radius 2 is 2.07 bits per heavy atom. The van der Waals surface area contributed by atoms with Gasteiger partial charge in [-0.1, -0.05) is 36.0 Å². The first-order valence-corrected chi connectivity index (χ1v) is 10.4. The van der Waals surface area contributed by atoms with Gasteiger partial charge >= 0.3 is 0 Å². The number of nitrogens with zero attached hydrogens (tertiary/aromatic N) is 5. The molecule has 0 saturated heterocycles. The maximum atomic E-state index is 6.28. The third-order valence-electron chi connectivity index (χ3n) is 6.04. The summed E-state index contributed by atoms with van der Waals surface area (Å²) in [6.07, 6.45) is 10.4. The summed E-state index contributed by atoms with van der Waals surface area (Å²) < 4.78 is 7.75. The molecule has 1 aliphatic carbocycles. The van der Waals surface area contributed by atoms with E-state index >= 15 is 0 Å². The lowest BCUT2D eigenvalue weighted by Gasteiger charge is -2.17. The fourth-order valence-corrected chi connectivity index (χ4v) is 4.74. The Kier molecular flexibility index (Phi) is 3.84. The average molecular weight is 407 g/mol. The monoisotopic (exact) mass is 406 g/mol. The molecule has 1 aliphatic heterocycles. The molecule has 1 aromatic carbocycles. The van der Waals surface area contributed by atoms with Crippen LogP contribution in [-0.4, -0.2) is 29.9 Å². The number of nitrogens with one attached hydrogen (secondary N) is 1. The molecule has 1 fully saturated rings. The van der Waals surface area contributed by atoms with Crippen LogP contribution in [0.4, 0.5) is 0 Å². The molecular weight excluding hydrogens is 388 g/mol. The summed E-state index contributed by atoms with van der Waals surface area (Å²) in [5, 5.41) is 12.3. The zero-order chi connectivity index (χ0) is 19.4. The van der Waals surface area contributed by atoms with Gasteiger partial charge < -0.3 is 9.09 Å². The van der Waals surface area contributed by atoms with Crippen molar-refractivity contribution in [1.29, 1.82) is 0 Å². The van der Waals surface area contributed by atoms with E-state index in [0.29, 0.717) is 23.3 Å². The van der Waals surface area contributed by atoms with Crippen LogP contribution in [0.2, 0.25) is 5.02 Å². The number of H-pyrrole nitrogens is 1. The number of rotatable bonds is 2. The summed E-state index contributed by atoms with van der Waals surface area (Å²) in [7, 11) is 0. The van der Waals surface area contributed by atoms with Crippen molar-refractivity contribution >= 4 is 11.6 Å². The summed E-state index contributed by atoms with van der Waals surface area (Å²) in [6.45, 7) is 0. The third-order valence-corrected chi connectivity index (χ3v) is 6.28. The molecule has 2 aliphatic rings. The van der Waals surface area contributed by atoms with Gasteiger partial charge in [-0.05, 0) is 31.0 Å². The van der Waals surface area contributed by atoms with Crippen LogP contribution in [0.3, 0.4) is 0 Å². The van der Waals surface area contributed by atoms with E-state index in [-0.39, 0.29) is 0 Å². The number of aromatic amines is 1. The van der Waals surface area contributed by atoms with Crippen molar-refractivity contribution in [1.82, 2.24) is 29.9 Å². The maximum absolute atomic E-state index is 6.28. The van der Waals surface area contributed by atoms with Gasteiger partial charge in [0.25, 0.3) is 5.89 Å². The molecule has 1 N–H and O–H groups in total. The van der Waals surface area contributed by atoms with E-state index in [1.54, 1.807) is 0 Å². The highest BCUT2D eigenvalue weighted by Crippen LogP contribution is 2.38. The summed E-state index contributed by atoms with van der Waals surface area (Å²) in [5.41, 5.74) is 5.80. The van der Waals surface area contributed by atoms with Crippen LogP contribution in [-0.2, 0) is 6.42 Å². The predicted molar refractivity (Wildman–Crippen MR) is 108 cm³/mol.